The molecule has 208 valence electrons. The van der Waals surface area contributed by atoms with Gasteiger partial charge >= 0.3 is 24.3 Å². The van der Waals surface area contributed by atoms with Gasteiger partial charge in [0.15, 0.2) is 0 Å². The summed E-state index contributed by atoms with van der Waals surface area (Å²) in [5, 5.41) is 14.2. The summed E-state index contributed by atoms with van der Waals surface area (Å²) >= 11 is 0. The van der Waals surface area contributed by atoms with Gasteiger partial charge in [-0.05, 0) is 38.6 Å². The van der Waals surface area contributed by atoms with E-state index in [2.05, 4.69) is 40.2 Å². The van der Waals surface area contributed by atoms with Crippen molar-refractivity contribution in [1.29, 1.82) is 0 Å². The zero-order valence-corrected chi connectivity index (χ0v) is 20.1. The van der Waals surface area contributed by atoms with Gasteiger partial charge < -0.3 is 14.8 Å². The number of carboxylic acids is 2. The number of aliphatic carboxylic acids is 2. The summed E-state index contributed by atoms with van der Waals surface area (Å²) in [6.07, 6.45) is -8.16. The van der Waals surface area contributed by atoms with Gasteiger partial charge in [-0.15, -0.1) is 0 Å². The highest BCUT2D eigenvalue weighted by molar-refractivity contribution is 5.73. The maximum atomic E-state index is 13.0. The second-order valence-corrected chi connectivity index (χ2v) is 8.27. The lowest BCUT2D eigenvalue weighted by Crippen LogP contribution is -2.35. The van der Waals surface area contributed by atoms with Gasteiger partial charge in [0.2, 0.25) is 0 Å². The molecule has 0 spiro atoms. The maximum absolute atomic E-state index is 13.0. The standard InChI is InChI=1S/C18H25FN4.2C2HF3O2/c1-14(2)21(3)12-17-10-20-18-13-22(8-9-23(17)18)11-15-4-6-16(19)7-5-15;2*3-2(4,5)1(6)7/h4-7,10,14H,8-9,11-13H2,1-3H3;2*(H,6,7). The number of alkyl halides is 6. The number of fused-ring (bicyclic) bond motifs is 1. The van der Waals surface area contributed by atoms with Crippen molar-refractivity contribution in [2.75, 3.05) is 13.6 Å². The Labute approximate surface area is 207 Å². The van der Waals surface area contributed by atoms with Crippen LogP contribution >= 0.6 is 0 Å². The molecule has 0 aliphatic carbocycles. The van der Waals surface area contributed by atoms with Crippen molar-refractivity contribution in [2.45, 2.75) is 58.4 Å². The summed E-state index contributed by atoms with van der Waals surface area (Å²) in [5.41, 5.74) is 2.43. The number of hydrogen-bond acceptors (Lipinski definition) is 5. The monoisotopic (exact) mass is 544 g/mol. The Kier molecular flexibility index (Phi) is 11.5. The molecular weight excluding hydrogens is 517 g/mol. The zero-order chi connectivity index (χ0) is 28.6. The smallest absolute Gasteiger partial charge is 0.475 e. The molecule has 2 aromatic rings. The van der Waals surface area contributed by atoms with Crippen LogP contribution in [-0.4, -0.2) is 73.5 Å². The number of halogens is 7. The van der Waals surface area contributed by atoms with Gasteiger partial charge in [-0.3, -0.25) is 9.80 Å². The molecule has 1 aliphatic heterocycles. The largest absolute Gasteiger partial charge is 0.490 e. The Hall–Kier alpha value is -3.20. The Balaban J connectivity index is 0.000000404. The van der Waals surface area contributed by atoms with E-state index in [1.54, 1.807) is 0 Å². The fraction of sp³-hybridized carbons (Fsp3) is 0.500. The normalized spacial score (nSPS) is 13.8. The molecule has 0 saturated heterocycles. The fourth-order valence-electron chi connectivity index (χ4n) is 2.92. The van der Waals surface area contributed by atoms with Crippen LogP contribution in [-0.2, 0) is 35.8 Å². The first-order valence-electron chi connectivity index (χ1n) is 10.7. The minimum Gasteiger partial charge on any atom is -0.475 e. The number of hydrogen-bond donors (Lipinski definition) is 2. The molecule has 2 heterocycles. The third kappa shape index (κ3) is 11.2. The van der Waals surface area contributed by atoms with Gasteiger partial charge in [0.1, 0.15) is 11.6 Å². The number of benzene rings is 1. The Bertz CT molecular complexity index is 998. The third-order valence-corrected chi connectivity index (χ3v) is 5.12. The minimum atomic E-state index is -5.08. The molecule has 0 saturated carbocycles. The van der Waals surface area contributed by atoms with E-state index < -0.39 is 24.3 Å². The van der Waals surface area contributed by atoms with Gasteiger partial charge in [0.05, 0.1) is 12.2 Å². The van der Waals surface area contributed by atoms with E-state index in [-0.39, 0.29) is 5.82 Å². The average Bonchev–Trinajstić information content (AvgIpc) is 3.16. The minimum absolute atomic E-state index is 0.179. The summed E-state index contributed by atoms with van der Waals surface area (Å²) in [6, 6.07) is 7.30. The van der Waals surface area contributed by atoms with Crippen molar-refractivity contribution in [1.82, 2.24) is 19.4 Å². The van der Waals surface area contributed by atoms with Gasteiger partial charge in [0, 0.05) is 38.4 Å². The van der Waals surface area contributed by atoms with Crippen LogP contribution in [0.25, 0.3) is 0 Å². The lowest BCUT2D eigenvalue weighted by atomic mass is 10.2. The van der Waals surface area contributed by atoms with E-state index >= 15 is 0 Å². The molecule has 1 aliphatic rings. The molecule has 0 atom stereocenters. The van der Waals surface area contributed by atoms with Crippen LogP contribution in [0.4, 0.5) is 30.7 Å². The number of nitrogens with zero attached hydrogens (tertiary/aromatic N) is 4. The van der Waals surface area contributed by atoms with Crippen LogP contribution in [0.3, 0.4) is 0 Å². The van der Waals surface area contributed by atoms with E-state index in [0.717, 1.165) is 44.1 Å². The molecule has 3 rings (SSSR count). The Morgan fingerprint density at radius 3 is 1.92 bits per heavy atom. The van der Waals surface area contributed by atoms with Crippen molar-refractivity contribution in [3.05, 3.63) is 53.4 Å². The van der Waals surface area contributed by atoms with Crippen LogP contribution < -0.4 is 0 Å². The molecule has 15 heteroatoms. The molecule has 0 radical (unpaired) electrons. The Morgan fingerprint density at radius 2 is 1.49 bits per heavy atom. The predicted octanol–water partition coefficient (Wildman–Crippen LogP) is 4.14. The van der Waals surface area contributed by atoms with Crippen molar-refractivity contribution in [3.8, 4) is 0 Å². The summed E-state index contributed by atoms with van der Waals surface area (Å²) in [4.78, 5) is 27.1. The van der Waals surface area contributed by atoms with Gasteiger partial charge in [-0.1, -0.05) is 12.1 Å². The van der Waals surface area contributed by atoms with E-state index in [1.807, 2.05) is 18.3 Å². The van der Waals surface area contributed by atoms with E-state index in [4.69, 9.17) is 19.8 Å². The van der Waals surface area contributed by atoms with Gasteiger partial charge in [0.25, 0.3) is 0 Å². The van der Waals surface area contributed by atoms with Gasteiger partial charge in [-0.25, -0.2) is 19.0 Å². The number of aromatic nitrogens is 2. The number of carboxylic acid groups (broad SMARTS) is 2. The second kappa shape index (κ2) is 13.4. The molecule has 37 heavy (non-hydrogen) atoms. The number of carbonyl (C=O) groups is 2. The quantitative estimate of drug-likeness (QED) is 0.546. The van der Waals surface area contributed by atoms with Crippen molar-refractivity contribution in [3.63, 3.8) is 0 Å². The molecule has 0 bridgehead atoms. The SMILES string of the molecule is CC(C)N(C)Cc1cnc2n1CCN(Cc1ccc(F)cc1)C2.O=C(O)C(F)(F)F.O=C(O)C(F)(F)F. The second-order valence-electron chi connectivity index (χ2n) is 8.27. The first-order valence-corrected chi connectivity index (χ1v) is 10.7. The summed E-state index contributed by atoms with van der Waals surface area (Å²) in [7, 11) is 2.15. The summed E-state index contributed by atoms with van der Waals surface area (Å²) in [5.74, 6) is -4.56. The molecule has 8 nitrogen and oxygen atoms in total. The van der Waals surface area contributed by atoms with Crippen molar-refractivity contribution in [2.24, 2.45) is 0 Å². The van der Waals surface area contributed by atoms with Crippen LogP contribution in [0.1, 0.15) is 30.9 Å². The zero-order valence-electron chi connectivity index (χ0n) is 20.1. The first-order chi connectivity index (χ1) is 16.9. The lowest BCUT2D eigenvalue weighted by molar-refractivity contribution is -0.193. The van der Waals surface area contributed by atoms with Crippen LogP contribution in [0, 0.1) is 5.82 Å². The highest BCUT2D eigenvalue weighted by Crippen LogP contribution is 2.18. The molecule has 0 unspecified atom stereocenters. The number of imidazole rings is 1. The fourth-order valence-corrected chi connectivity index (χ4v) is 2.92. The Morgan fingerprint density at radius 1 is 1.00 bits per heavy atom. The summed E-state index contributed by atoms with van der Waals surface area (Å²) < 4.78 is 78.8. The van der Waals surface area contributed by atoms with Gasteiger partial charge in [-0.2, -0.15) is 26.3 Å². The first kappa shape index (κ1) is 31.8. The highest BCUT2D eigenvalue weighted by atomic mass is 19.4. The molecule has 2 N–H and O–H groups in total. The highest BCUT2D eigenvalue weighted by Gasteiger charge is 2.38. The molecule has 0 amide bonds. The lowest BCUT2D eigenvalue weighted by Gasteiger charge is -2.29. The number of rotatable bonds is 5. The van der Waals surface area contributed by atoms with E-state index in [1.165, 1.54) is 17.8 Å². The van der Waals surface area contributed by atoms with Crippen LogP contribution in [0.15, 0.2) is 30.5 Å². The topological polar surface area (TPSA) is 98.9 Å². The molecule has 1 aromatic carbocycles. The molecule has 1 aromatic heterocycles. The molecule has 0 fully saturated rings. The van der Waals surface area contributed by atoms with E-state index in [0.29, 0.717) is 6.04 Å². The maximum Gasteiger partial charge on any atom is 0.490 e. The predicted molar refractivity (Wildman–Crippen MR) is 117 cm³/mol. The van der Waals surface area contributed by atoms with E-state index in [9.17, 15) is 30.7 Å². The molecular formula is C22H27F7N4O4. The van der Waals surface area contributed by atoms with Crippen molar-refractivity contribution < 1.29 is 50.5 Å². The van der Waals surface area contributed by atoms with Crippen molar-refractivity contribution >= 4 is 11.9 Å². The van der Waals surface area contributed by atoms with Crippen LogP contribution in [0.5, 0.6) is 0 Å². The third-order valence-electron chi connectivity index (χ3n) is 5.12. The summed E-state index contributed by atoms with van der Waals surface area (Å²) in [6.45, 7) is 9.01. The van der Waals surface area contributed by atoms with Crippen LogP contribution in [0.2, 0.25) is 0 Å². The average molecular weight is 544 g/mol.